The van der Waals surface area contributed by atoms with Crippen LogP contribution in [0.15, 0.2) is 5.16 Å². The third kappa shape index (κ3) is 4.23. The molecule has 0 bridgehead atoms. The van der Waals surface area contributed by atoms with Crippen LogP contribution in [0.5, 0.6) is 0 Å². The van der Waals surface area contributed by atoms with Gasteiger partial charge in [0, 0.05) is 12.0 Å². The lowest BCUT2D eigenvalue weighted by atomic mass is 9.95. The van der Waals surface area contributed by atoms with E-state index in [1.54, 1.807) is 0 Å². The summed E-state index contributed by atoms with van der Waals surface area (Å²) < 4.78 is 0. The molecule has 2 N–H and O–H groups in total. The van der Waals surface area contributed by atoms with Crippen LogP contribution >= 0.6 is 11.8 Å². The molecule has 1 aliphatic carbocycles. The van der Waals surface area contributed by atoms with Crippen molar-refractivity contribution in [2.24, 2.45) is 0 Å². The van der Waals surface area contributed by atoms with Crippen LogP contribution in [-0.4, -0.2) is 32.4 Å². The number of aromatic amines is 1. The fraction of sp³-hybridized carbons (Fsp3) is 0.786. The molecule has 0 unspecified atom stereocenters. The van der Waals surface area contributed by atoms with Gasteiger partial charge in [-0.1, -0.05) is 44.9 Å². The number of aromatic nitrogens is 3. The summed E-state index contributed by atoms with van der Waals surface area (Å²) in [4.78, 5) is 16.6. The summed E-state index contributed by atoms with van der Waals surface area (Å²) in [5.41, 5.74) is 0. The van der Waals surface area contributed by atoms with E-state index in [9.17, 15) is 4.79 Å². The van der Waals surface area contributed by atoms with Crippen LogP contribution in [-0.2, 0) is 4.79 Å². The summed E-state index contributed by atoms with van der Waals surface area (Å²) in [6, 6.07) is 0.359. The molecule has 6 heteroatoms. The van der Waals surface area contributed by atoms with Crippen LogP contribution in [0.25, 0.3) is 0 Å². The number of nitrogens with one attached hydrogen (secondary N) is 2. The fourth-order valence-electron chi connectivity index (χ4n) is 2.35. The topological polar surface area (TPSA) is 70.7 Å². The summed E-state index contributed by atoms with van der Waals surface area (Å²) in [6.45, 7) is 6.04. The van der Waals surface area contributed by atoms with Crippen molar-refractivity contribution in [2.75, 3.05) is 0 Å². The minimum absolute atomic E-state index is 0.0952. The monoisotopic (exact) mass is 296 g/mol. The minimum atomic E-state index is -0.160. The molecule has 112 valence electrons. The van der Waals surface area contributed by atoms with Gasteiger partial charge in [0.1, 0.15) is 5.82 Å². The van der Waals surface area contributed by atoms with Crippen molar-refractivity contribution in [2.45, 2.75) is 75.2 Å². The normalized spacial score (nSPS) is 18.2. The first-order valence-corrected chi connectivity index (χ1v) is 8.33. The molecule has 1 atom stereocenters. The second-order valence-corrected chi connectivity index (χ2v) is 7.07. The highest BCUT2D eigenvalue weighted by Gasteiger charge is 2.21. The summed E-state index contributed by atoms with van der Waals surface area (Å²) in [5, 5.41) is 10.7. The summed E-state index contributed by atoms with van der Waals surface area (Å²) in [5.74, 6) is 1.29. The largest absolute Gasteiger partial charge is 0.352 e. The van der Waals surface area contributed by atoms with Gasteiger partial charge in [0.2, 0.25) is 11.1 Å². The molecule has 0 aliphatic heterocycles. The van der Waals surface area contributed by atoms with Crippen LogP contribution in [0.4, 0.5) is 0 Å². The highest BCUT2D eigenvalue weighted by molar-refractivity contribution is 8.00. The molecule has 0 spiro atoms. The minimum Gasteiger partial charge on any atom is -0.352 e. The maximum atomic E-state index is 12.2. The summed E-state index contributed by atoms with van der Waals surface area (Å²) in [7, 11) is 0. The third-order valence-electron chi connectivity index (χ3n) is 3.63. The molecular formula is C14H24N4OS. The Labute approximate surface area is 124 Å². The van der Waals surface area contributed by atoms with E-state index in [0.717, 1.165) is 18.7 Å². The van der Waals surface area contributed by atoms with E-state index in [4.69, 9.17) is 0 Å². The van der Waals surface area contributed by atoms with Crippen molar-refractivity contribution >= 4 is 17.7 Å². The molecule has 1 fully saturated rings. The molecule has 1 aliphatic rings. The Kier molecular flexibility index (Phi) is 5.46. The average Bonchev–Trinajstić information content (AvgIpc) is 2.88. The van der Waals surface area contributed by atoms with Gasteiger partial charge in [0.15, 0.2) is 0 Å². The number of amides is 1. The molecule has 0 radical (unpaired) electrons. The standard InChI is InChI=1S/C14H24N4OS/c1-9(2)12-16-14(18-17-12)20-10(3)13(19)15-11-7-5-4-6-8-11/h9-11H,4-8H2,1-3H3,(H,15,19)(H,16,17,18)/t10-/m0/s1. The maximum Gasteiger partial charge on any atom is 0.233 e. The predicted molar refractivity (Wildman–Crippen MR) is 80.8 cm³/mol. The fourth-order valence-corrected chi connectivity index (χ4v) is 3.09. The lowest BCUT2D eigenvalue weighted by Gasteiger charge is -2.24. The molecule has 0 aromatic carbocycles. The number of carbonyl (C=O) groups is 1. The Balaban J connectivity index is 1.83. The van der Waals surface area contributed by atoms with E-state index < -0.39 is 0 Å². The molecule has 5 nitrogen and oxygen atoms in total. The van der Waals surface area contributed by atoms with E-state index in [-0.39, 0.29) is 11.2 Å². The number of H-pyrrole nitrogens is 1. The highest BCUT2D eigenvalue weighted by Crippen LogP contribution is 2.22. The predicted octanol–water partition coefficient (Wildman–Crippen LogP) is 2.86. The quantitative estimate of drug-likeness (QED) is 0.820. The van der Waals surface area contributed by atoms with Crippen LogP contribution in [0.1, 0.15) is 64.6 Å². The Bertz CT molecular complexity index is 440. The lowest BCUT2D eigenvalue weighted by Crippen LogP contribution is -2.40. The molecule has 20 heavy (non-hydrogen) atoms. The van der Waals surface area contributed by atoms with Crippen molar-refractivity contribution in [3.05, 3.63) is 5.82 Å². The molecule has 1 heterocycles. The van der Waals surface area contributed by atoms with Crippen molar-refractivity contribution < 1.29 is 4.79 Å². The van der Waals surface area contributed by atoms with Crippen molar-refractivity contribution in [3.8, 4) is 0 Å². The van der Waals surface area contributed by atoms with E-state index in [2.05, 4.69) is 34.3 Å². The van der Waals surface area contributed by atoms with E-state index in [1.807, 2.05) is 6.92 Å². The zero-order valence-corrected chi connectivity index (χ0v) is 13.3. The lowest BCUT2D eigenvalue weighted by molar-refractivity contribution is -0.121. The third-order valence-corrected chi connectivity index (χ3v) is 4.59. The van der Waals surface area contributed by atoms with E-state index >= 15 is 0 Å². The number of thioether (sulfide) groups is 1. The molecule has 2 rings (SSSR count). The van der Waals surface area contributed by atoms with Gasteiger partial charge in [0.05, 0.1) is 5.25 Å². The zero-order valence-electron chi connectivity index (χ0n) is 12.5. The van der Waals surface area contributed by atoms with Gasteiger partial charge in [-0.15, -0.1) is 5.10 Å². The number of hydrogen-bond donors (Lipinski definition) is 2. The molecule has 1 saturated carbocycles. The summed E-state index contributed by atoms with van der Waals surface area (Å²) >= 11 is 1.41. The van der Waals surface area contributed by atoms with E-state index in [1.165, 1.54) is 31.0 Å². The first-order chi connectivity index (χ1) is 9.56. The SMILES string of the molecule is CC(C)c1nc(S[C@@H](C)C(=O)NC2CCCCC2)n[nH]1. The number of hydrogen-bond acceptors (Lipinski definition) is 4. The van der Waals surface area contributed by atoms with Crippen LogP contribution < -0.4 is 5.32 Å². The van der Waals surface area contributed by atoms with Crippen molar-refractivity contribution in [3.63, 3.8) is 0 Å². The van der Waals surface area contributed by atoms with Gasteiger partial charge in [-0.25, -0.2) is 4.98 Å². The Morgan fingerprint density at radius 2 is 2.00 bits per heavy atom. The first-order valence-electron chi connectivity index (χ1n) is 7.45. The Morgan fingerprint density at radius 1 is 1.30 bits per heavy atom. The number of rotatable bonds is 5. The van der Waals surface area contributed by atoms with Gasteiger partial charge in [-0.3, -0.25) is 9.89 Å². The molecule has 0 saturated heterocycles. The molecular weight excluding hydrogens is 272 g/mol. The van der Waals surface area contributed by atoms with Crippen molar-refractivity contribution in [1.82, 2.24) is 20.5 Å². The average molecular weight is 296 g/mol. The number of carbonyl (C=O) groups excluding carboxylic acids is 1. The number of nitrogens with zero attached hydrogens (tertiary/aromatic N) is 2. The molecule has 1 amide bonds. The van der Waals surface area contributed by atoms with Crippen LogP contribution in [0.2, 0.25) is 0 Å². The smallest absolute Gasteiger partial charge is 0.233 e. The maximum absolute atomic E-state index is 12.2. The van der Waals surface area contributed by atoms with E-state index in [0.29, 0.717) is 17.1 Å². The first kappa shape index (κ1) is 15.4. The van der Waals surface area contributed by atoms with Crippen LogP contribution in [0, 0.1) is 0 Å². The van der Waals surface area contributed by atoms with Gasteiger partial charge >= 0.3 is 0 Å². The Morgan fingerprint density at radius 3 is 2.60 bits per heavy atom. The zero-order chi connectivity index (χ0) is 14.5. The Hall–Kier alpha value is -1.04. The van der Waals surface area contributed by atoms with Crippen LogP contribution in [0.3, 0.4) is 0 Å². The summed E-state index contributed by atoms with van der Waals surface area (Å²) in [6.07, 6.45) is 5.98. The molecule has 1 aromatic rings. The van der Waals surface area contributed by atoms with Gasteiger partial charge in [-0.2, -0.15) is 0 Å². The molecule has 1 aromatic heterocycles. The second kappa shape index (κ2) is 7.11. The van der Waals surface area contributed by atoms with Crippen molar-refractivity contribution in [1.29, 1.82) is 0 Å². The highest BCUT2D eigenvalue weighted by atomic mass is 32.2. The van der Waals surface area contributed by atoms with Gasteiger partial charge in [0.25, 0.3) is 0 Å². The van der Waals surface area contributed by atoms with Gasteiger partial charge < -0.3 is 5.32 Å². The van der Waals surface area contributed by atoms with Gasteiger partial charge in [-0.05, 0) is 19.8 Å². The second-order valence-electron chi connectivity index (χ2n) is 5.76.